The molecule has 8 heteroatoms. The molecule has 0 bridgehead atoms. The Hall–Kier alpha value is -2.64. The zero-order valence-corrected chi connectivity index (χ0v) is 15.9. The summed E-state index contributed by atoms with van der Waals surface area (Å²) >= 11 is 0. The van der Waals surface area contributed by atoms with Gasteiger partial charge in [-0.1, -0.05) is 0 Å². The molecule has 3 aliphatic rings. The summed E-state index contributed by atoms with van der Waals surface area (Å²) in [6.07, 6.45) is 7.79. The van der Waals surface area contributed by atoms with Crippen molar-refractivity contribution >= 4 is 11.8 Å². The van der Waals surface area contributed by atoms with Crippen LogP contribution in [0.5, 0.6) is 0 Å². The minimum Gasteiger partial charge on any atom is -0.469 e. The highest BCUT2D eigenvalue weighted by molar-refractivity contribution is 5.91. The largest absolute Gasteiger partial charge is 0.469 e. The minimum atomic E-state index is -0.107. The van der Waals surface area contributed by atoms with Crippen LogP contribution in [0.25, 0.3) is 0 Å². The average Bonchev–Trinajstić information content (AvgIpc) is 3.18. The first-order chi connectivity index (χ1) is 13.6. The lowest BCUT2D eigenvalue weighted by atomic mass is 9.73. The number of amides is 2. The Bertz CT molecular complexity index is 876. The second kappa shape index (κ2) is 6.76. The van der Waals surface area contributed by atoms with Gasteiger partial charge in [0.25, 0.3) is 5.91 Å². The van der Waals surface area contributed by atoms with E-state index >= 15 is 0 Å². The quantitative estimate of drug-likeness (QED) is 0.865. The first-order valence-electron chi connectivity index (χ1n) is 10.2. The van der Waals surface area contributed by atoms with Crippen molar-refractivity contribution in [3.05, 3.63) is 35.8 Å². The van der Waals surface area contributed by atoms with Gasteiger partial charge in [0.1, 0.15) is 11.6 Å². The SMILES string of the molecule is O=C(NC1CC1)c1nnc2n1CC1(CC2)CCN(C(=O)Cc2ccco2)CC1. The molecule has 2 amide bonds. The van der Waals surface area contributed by atoms with E-state index in [0.717, 1.165) is 64.0 Å². The highest BCUT2D eigenvalue weighted by Gasteiger charge is 2.41. The fourth-order valence-electron chi connectivity index (χ4n) is 4.44. The molecule has 148 valence electrons. The van der Waals surface area contributed by atoms with Crippen molar-refractivity contribution < 1.29 is 14.0 Å². The standard InChI is InChI=1S/C20H25N5O3/c26-17(12-15-2-1-11-28-15)24-9-7-20(8-10-24)6-5-16-22-23-18(25(16)13-20)19(27)21-14-3-4-14/h1-2,11,14H,3-10,12-13H2,(H,21,27). The third-order valence-corrected chi connectivity index (χ3v) is 6.40. The lowest BCUT2D eigenvalue weighted by Crippen LogP contribution is -2.47. The number of rotatable bonds is 4. The van der Waals surface area contributed by atoms with Gasteiger partial charge in [-0.25, -0.2) is 0 Å². The van der Waals surface area contributed by atoms with Crippen molar-refractivity contribution in [3.8, 4) is 0 Å². The van der Waals surface area contributed by atoms with Crippen molar-refractivity contribution in [1.82, 2.24) is 25.0 Å². The number of carbonyl (C=O) groups is 2. The second-order valence-electron chi connectivity index (χ2n) is 8.41. The van der Waals surface area contributed by atoms with Gasteiger partial charge in [-0.2, -0.15) is 0 Å². The van der Waals surface area contributed by atoms with Crippen LogP contribution in [-0.2, 0) is 24.2 Å². The zero-order chi connectivity index (χ0) is 19.1. The number of nitrogens with one attached hydrogen (secondary N) is 1. The first kappa shape index (κ1) is 17.5. The van der Waals surface area contributed by atoms with Gasteiger partial charge in [0.05, 0.1) is 12.7 Å². The molecule has 5 rings (SSSR count). The van der Waals surface area contributed by atoms with E-state index in [0.29, 0.717) is 24.0 Å². The van der Waals surface area contributed by atoms with E-state index in [1.165, 1.54) is 0 Å². The van der Waals surface area contributed by atoms with Gasteiger partial charge in [-0.05, 0) is 49.7 Å². The average molecular weight is 383 g/mol. The minimum absolute atomic E-state index is 0.107. The maximum absolute atomic E-state index is 12.5. The summed E-state index contributed by atoms with van der Waals surface area (Å²) < 4.78 is 7.32. The molecular formula is C20H25N5O3. The molecule has 2 aliphatic heterocycles. The third-order valence-electron chi connectivity index (χ3n) is 6.40. The summed E-state index contributed by atoms with van der Waals surface area (Å²) in [4.78, 5) is 27.0. The Morgan fingerprint density at radius 3 is 2.75 bits per heavy atom. The topological polar surface area (TPSA) is 93.3 Å². The van der Waals surface area contributed by atoms with Crippen molar-refractivity contribution in [2.75, 3.05) is 13.1 Å². The Labute approximate surface area is 163 Å². The van der Waals surface area contributed by atoms with E-state index in [9.17, 15) is 9.59 Å². The number of fused-ring (bicyclic) bond motifs is 1. The molecule has 28 heavy (non-hydrogen) atoms. The van der Waals surface area contributed by atoms with Crippen molar-refractivity contribution in [3.63, 3.8) is 0 Å². The summed E-state index contributed by atoms with van der Waals surface area (Å²) in [5.74, 6) is 2.07. The smallest absolute Gasteiger partial charge is 0.289 e. The molecule has 1 aliphatic carbocycles. The van der Waals surface area contributed by atoms with Crippen LogP contribution in [0.4, 0.5) is 0 Å². The van der Waals surface area contributed by atoms with Crippen molar-refractivity contribution in [2.45, 2.75) is 57.5 Å². The van der Waals surface area contributed by atoms with Crippen LogP contribution in [0.15, 0.2) is 22.8 Å². The maximum atomic E-state index is 12.5. The van der Waals surface area contributed by atoms with Crippen LogP contribution in [-0.4, -0.2) is 50.6 Å². The van der Waals surface area contributed by atoms with Crippen LogP contribution < -0.4 is 5.32 Å². The van der Waals surface area contributed by atoms with Gasteiger partial charge in [-0.15, -0.1) is 10.2 Å². The van der Waals surface area contributed by atoms with Crippen LogP contribution in [0, 0.1) is 5.41 Å². The molecule has 0 radical (unpaired) electrons. The van der Waals surface area contributed by atoms with E-state index in [-0.39, 0.29) is 17.2 Å². The van der Waals surface area contributed by atoms with Crippen LogP contribution in [0.1, 0.15) is 54.3 Å². The lowest BCUT2D eigenvalue weighted by molar-refractivity contribution is -0.133. The number of aryl methyl sites for hydroxylation is 1. The van der Waals surface area contributed by atoms with Gasteiger partial charge >= 0.3 is 0 Å². The Morgan fingerprint density at radius 2 is 2.04 bits per heavy atom. The number of furan rings is 1. The van der Waals surface area contributed by atoms with Gasteiger partial charge in [-0.3, -0.25) is 9.59 Å². The Balaban J connectivity index is 1.24. The molecule has 0 unspecified atom stereocenters. The summed E-state index contributed by atoms with van der Waals surface area (Å²) in [7, 11) is 0. The molecule has 4 heterocycles. The fourth-order valence-corrected chi connectivity index (χ4v) is 4.44. The number of hydrogen-bond donors (Lipinski definition) is 1. The number of aromatic nitrogens is 3. The molecule has 8 nitrogen and oxygen atoms in total. The highest BCUT2D eigenvalue weighted by atomic mass is 16.3. The molecule has 2 aromatic heterocycles. The normalized spacial score (nSPS) is 20.8. The van der Waals surface area contributed by atoms with E-state index in [1.807, 2.05) is 21.6 Å². The second-order valence-corrected chi connectivity index (χ2v) is 8.41. The summed E-state index contributed by atoms with van der Waals surface area (Å²) in [5, 5.41) is 11.4. The number of carbonyl (C=O) groups excluding carboxylic acids is 2. The number of likely N-dealkylation sites (tertiary alicyclic amines) is 1. The molecule has 1 saturated carbocycles. The van der Waals surface area contributed by atoms with Crippen LogP contribution in [0.2, 0.25) is 0 Å². The molecule has 1 saturated heterocycles. The van der Waals surface area contributed by atoms with Gasteiger partial charge in [0.2, 0.25) is 11.7 Å². The molecule has 1 N–H and O–H groups in total. The number of hydrogen-bond acceptors (Lipinski definition) is 5. The van der Waals surface area contributed by atoms with E-state index in [2.05, 4.69) is 15.5 Å². The first-order valence-corrected chi connectivity index (χ1v) is 10.2. The number of piperidine rings is 1. The molecule has 2 aromatic rings. The van der Waals surface area contributed by atoms with E-state index in [4.69, 9.17) is 4.42 Å². The van der Waals surface area contributed by atoms with E-state index < -0.39 is 0 Å². The monoisotopic (exact) mass is 383 g/mol. The predicted molar refractivity (Wildman–Crippen MR) is 99.5 cm³/mol. The lowest BCUT2D eigenvalue weighted by Gasteiger charge is -2.44. The zero-order valence-electron chi connectivity index (χ0n) is 15.9. The summed E-state index contributed by atoms with van der Waals surface area (Å²) in [6.45, 7) is 2.27. The highest BCUT2D eigenvalue weighted by Crippen LogP contribution is 2.41. The molecule has 0 aromatic carbocycles. The van der Waals surface area contributed by atoms with E-state index in [1.54, 1.807) is 6.26 Å². The van der Waals surface area contributed by atoms with Gasteiger partial charge in [0.15, 0.2) is 0 Å². The van der Waals surface area contributed by atoms with Crippen molar-refractivity contribution in [2.24, 2.45) is 5.41 Å². The van der Waals surface area contributed by atoms with Gasteiger partial charge < -0.3 is 19.2 Å². The van der Waals surface area contributed by atoms with Gasteiger partial charge in [0, 0.05) is 32.1 Å². The summed E-state index contributed by atoms with van der Waals surface area (Å²) in [6, 6.07) is 3.96. The molecule has 0 atom stereocenters. The third kappa shape index (κ3) is 3.31. The fraction of sp³-hybridized carbons (Fsp3) is 0.600. The maximum Gasteiger partial charge on any atom is 0.289 e. The molecule has 1 spiro atoms. The Morgan fingerprint density at radius 1 is 1.21 bits per heavy atom. The predicted octanol–water partition coefficient (Wildman–Crippen LogP) is 1.56. The number of nitrogens with zero attached hydrogens (tertiary/aromatic N) is 4. The Kier molecular flexibility index (Phi) is 4.21. The summed E-state index contributed by atoms with van der Waals surface area (Å²) in [5.41, 5.74) is 0.117. The van der Waals surface area contributed by atoms with Crippen LogP contribution in [0.3, 0.4) is 0 Å². The molecule has 2 fully saturated rings. The van der Waals surface area contributed by atoms with Crippen LogP contribution >= 0.6 is 0 Å². The van der Waals surface area contributed by atoms with Crippen molar-refractivity contribution in [1.29, 1.82) is 0 Å². The molecular weight excluding hydrogens is 358 g/mol.